The van der Waals surface area contributed by atoms with Gasteiger partial charge in [0, 0.05) is 4.47 Å². The van der Waals surface area contributed by atoms with E-state index in [9.17, 15) is 13.2 Å². The molecule has 31 heavy (non-hydrogen) atoms. The van der Waals surface area contributed by atoms with Gasteiger partial charge >= 0.3 is 0 Å². The van der Waals surface area contributed by atoms with Gasteiger partial charge in [0.2, 0.25) is 0 Å². The van der Waals surface area contributed by atoms with Gasteiger partial charge in [0.05, 0.1) is 10.6 Å². The van der Waals surface area contributed by atoms with Crippen LogP contribution in [0.15, 0.2) is 76.1 Å². The highest BCUT2D eigenvalue weighted by Gasteiger charge is 2.32. The van der Waals surface area contributed by atoms with Gasteiger partial charge in [-0.25, -0.2) is 8.42 Å². The number of nitrogens with zero attached hydrogens (tertiary/aromatic N) is 1. The molecule has 0 aliphatic heterocycles. The molecule has 0 radical (unpaired) electrons. The number of carbonyl (C=O) groups excluding carboxylic acids is 1. The molecule has 0 spiro atoms. The zero-order chi connectivity index (χ0) is 22.6. The molecule has 1 amide bonds. The third kappa shape index (κ3) is 4.99. The molecule has 3 aromatic rings. The van der Waals surface area contributed by atoms with Crippen LogP contribution in [0, 0.1) is 13.8 Å². The minimum absolute atomic E-state index is 0.0437. The number of sulfonamides is 1. The smallest absolute Gasteiger partial charge is 0.278 e. The number of hydrogen-bond donors (Lipinski definition) is 0. The fourth-order valence-electron chi connectivity index (χ4n) is 3.21. The van der Waals surface area contributed by atoms with Crippen LogP contribution in [0.1, 0.15) is 23.6 Å². The number of benzene rings is 3. The summed E-state index contributed by atoms with van der Waals surface area (Å²) in [6.07, 6.45) is 0.714. The molecule has 3 rings (SSSR count). The Morgan fingerprint density at radius 3 is 2.39 bits per heavy atom. The van der Waals surface area contributed by atoms with E-state index in [1.54, 1.807) is 43.3 Å². The van der Waals surface area contributed by atoms with Gasteiger partial charge in [-0.3, -0.25) is 4.79 Å². The molecule has 0 saturated carbocycles. The van der Waals surface area contributed by atoms with Gasteiger partial charge in [-0.1, -0.05) is 53.2 Å². The predicted octanol–water partition coefficient (Wildman–Crippen LogP) is 5.43. The summed E-state index contributed by atoms with van der Waals surface area (Å²) in [4.78, 5) is 13.3. The number of halogens is 1. The van der Waals surface area contributed by atoms with Gasteiger partial charge in [0.1, 0.15) is 5.75 Å². The summed E-state index contributed by atoms with van der Waals surface area (Å²) in [5.41, 5.74) is 2.85. The molecule has 0 bridgehead atoms. The first-order chi connectivity index (χ1) is 14.8. The molecule has 0 aliphatic carbocycles. The normalized spacial score (nSPS) is 11.2. The van der Waals surface area contributed by atoms with E-state index >= 15 is 0 Å². The lowest BCUT2D eigenvalue weighted by molar-refractivity contribution is -0.119. The molecule has 0 aliphatic rings. The van der Waals surface area contributed by atoms with E-state index in [2.05, 4.69) is 15.9 Å². The van der Waals surface area contributed by atoms with Gasteiger partial charge in [-0.05, 0) is 73.4 Å². The van der Waals surface area contributed by atoms with Crippen LogP contribution in [0.25, 0.3) is 0 Å². The zero-order valence-electron chi connectivity index (χ0n) is 17.6. The number of rotatable bonds is 7. The minimum Gasteiger partial charge on any atom is -0.483 e. The van der Waals surface area contributed by atoms with Crippen molar-refractivity contribution in [1.82, 2.24) is 0 Å². The van der Waals surface area contributed by atoms with Crippen LogP contribution in [0.2, 0.25) is 0 Å². The second-order valence-electron chi connectivity index (χ2n) is 7.09. The number of hydrogen-bond acceptors (Lipinski definition) is 4. The van der Waals surface area contributed by atoms with Crippen LogP contribution in [0.3, 0.4) is 0 Å². The molecule has 0 fully saturated rings. The molecule has 5 nitrogen and oxygen atoms in total. The lowest BCUT2D eigenvalue weighted by atomic mass is 10.1. The molecule has 7 heteroatoms. The molecule has 0 N–H and O–H groups in total. The topological polar surface area (TPSA) is 63.7 Å². The van der Waals surface area contributed by atoms with E-state index < -0.39 is 22.5 Å². The predicted molar refractivity (Wildman–Crippen MR) is 126 cm³/mol. The largest absolute Gasteiger partial charge is 0.483 e. The maximum Gasteiger partial charge on any atom is 0.278 e. The van der Waals surface area contributed by atoms with Crippen LogP contribution < -0.4 is 9.04 Å². The highest BCUT2D eigenvalue weighted by atomic mass is 79.9. The number of anilines is 1. The SMILES string of the molecule is CCc1cc(Br)ccc1OCC(=O)N(c1cccc(C)c1C)S(=O)(=O)c1ccccc1. The number of aryl methyl sites for hydroxylation is 2. The first-order valence-electron chi connectivity index (χ1n) is 9.86. The molecule has 0 heterocycles. The molecule has 0 unspecified atom stereocenters. The zero-order valence-corrected chi connectivity index (χ0v) is 20.0. The summed E-state index contributed by atoms with van der Waals surface area (Å²) in [5, 5.41) is 0. The van der Waals surface area contributed by atoms with Crippen molar-refractivity contribution in [2.45, 2.75) is 32.1 Å². The van der Waals surface area contributed by atoms with E-state index in [1.807, 2.05) is 32.0 Å². The van der Waals surface area contributed by atoms with Gasteiger partial charge in [0.25, 0.3) is 15.9 Å². The highest BCUT2D eigenvalue weighted by molar-refractivity contribution is 9.10. The summed E-state index contributed by atoms with van der Waals surface area (Å²) in [6.45, 7) is 5.26. The second kappa shape index (κ2) is 9.66. The van der Waals surface area contributed by atoms with Gasteiger partial charge in [0.15, 0.2) is 6.61 Å². The van der Waals surface area contributed by atoms with Crippen LogP contribution >= 0.6 is 15.9 Å². The third-order valence-electron chi connectivity index (χ3n) is 5.06. The fourth-order valence-corrected chi connectivity index (χ4v) is 5.11. The van der Waals surface area contributed by atoms with Crippen molar-refractivity contribution >= 4 is 37.5 Å². The first kappa shape index (κ1) is 23.0. The number of carbonyl (C=O) groups is 1. The van der Waals surface area contributed by atoms with Crippen molar-refractivity contribution in [2.75, 3.05) is 10.9 Å². The summed E-state index contributed by atoms with van der Waals surface area (Å²) in [6, 6.07) is 18.7. The Bertz CT molecular complexity index is 1190. The lowest BCUT2D eigenvalue weighted by Crippen LogP contribution is -2.40. The Morgan fingerprint density at radius 1 is 1.00 bits per heavy atom. The standard InChI is InChI=1S/C24H24BrNO4S/c1-4-19-15-20(25)13-14-23(19)30-16-24(27)26(22-12-8-9-17(2)18(22)3)31(28,29)21-10-6-5-7-11-21/h5-15H,4,16H2,1-3H3. The van der Waals surface area contributed by atoms with E-state index in [1.165, 1.54) is 12.1 Å². The Balaban J connectivity index is 2.01. The summed E-state index contributed by atoms with van der Waals surface area (Å²) in [5.74, 6) is -0.111. The molecule has 0 aromatic heterocycles. The van der Waals surface area contributed by atoms with Crippen LogP contribution in [-0.4, -0.2) is 20.9 Å². The Hall–Kier alpha value is -2.64. The van der Waals surface area contributed by atoms with Crippen LogP contribution in [-0.2, 0) is 21.2 Å². The second-order valence-corrected chi connectivity index (χ2v) is 9.79. The summed E-state index contributed by atoms with van der Waals surface area (Å²) < 4.78 is 34.5. The van der Waals surface area contributed by atoms with E-state index in [0.717, 1.165) is 19.9 Å². The molecular weight excluding hydrogens is 478 g/mol. The van der Waals surface area contributed by atoms with Crippen molar-refractivity contribution in [2.24, 2.45) is 0 Å². The van der Waals surface area contributed by atoms with Gasteiger partial charge in [-0.15, -0.1) is 0 Å². The minimum atomic E-state index is -4.12. The third-order valence-corrected chi connectivity index (χ3v) is 7.30. The van der Waals surface area contributed by atoms with Crippen molar-refractivity contribution in [1.29, 1.82) is 0 Å². The summed E-state index contributed by atoms with van der Waals surface area (Å²) >= 11 is 3.43. The van der Waals surface area contributed by atoms with Crippen molar-refractivity contribution in [3.05, 3.63) is 87.9 Å². The number of ether oxygens (including phenoxy) is 1. The Labute approximate surface area is 191 Å². The monoisotopic (exact) mass is 501 g/mol. The van der Waals surface area contributed by atoms with Gasteiger partial charge < -0.3 is 4.74 Å². The van der Waals surface area contributed by atoms with Crippen molar-refractivity contribution < 1.29 is 17.9 Å². The average Bonchev–Trinajstić information content (AvgIpc) is 2.76. The quantitative estimate of drug-likeness (QED) is 0.432. The number of amides is 1. The fraction of sp³-hybridized carbons (Fsp3) is 0.208. The molecule has 0 atom stereocenters. The van der Waals surface area contributed by atoms with Gasteiger partial charge in [-0.2, -0.15) is 4.31 Å². The van der Waals surface area contributed by atoms with Crippen molar-refractivity contribution in [3.8, 4) is 5.75 Å². The first-order valence-corrected chi connectivity index (χ1v) is 12.1. The van der Waals surface area contributed by atoms with E-state index in [4.69, 9.17) is 4.74 Å². The van der Waals surface area contributed by atoms with E-state index in [0.29, 0.717) is 23.4 Å². The van der Waals surface area contributed by atoms with E-state index in [-0.39, 0.29) is 4.90 Å². The lowest BCUT2D eigenvalue weighted by Gasteiger charge is -2.25. The molecular formula is C24H24BrNO4S. The molecule has 3 aromatic carbocycles. The maximum atomic E-state index is 13.5. The highest BCUT2D eigenvalue weighted by Crippen LogP contribution is 2.29. The Morgan fingerprint density at radius 2 is 1.71 bits per heavy atom. The van der Waals surface area contributed by atoms with Crippen LogP contribution in [0.4, 0.5) is 5.69 Å². The summed E-state index contributed by atoms with van der Waals surface area (Å²) in [7, 11) is -4.12. The molecule has 162 valence electrons. The van der Waals surface area contributed by atoms with Crippen LogP contribution in [0.5, 0.6) is 5.75 Å². The maximum absolute atomic E-state index is 13.5. The van der Waals surface area contributed by atoms with Crippen molar-refractivity contribution in [3.63, 3.8) is 0 Å². The molecule has 0 saturated heterocycles. The Kier molecular flexibility index (Phi) is 7.18. The average molecular weight is 502 g/mol.